The van der Waals surface area contributed by atoms with Gasteiger partial charge in [-0.3, -0.25) is 0 Å². The van der Waals surface area contributed by atoms with Gasteiger partial charge in [-0.15, -0.1) is 0 Å². The van der Waals surface area contributed by atoms with E-state index in [4.69, 9.17) is 0 Å². The third kappa shape index (κ3) is 4.28. The Balaban J connectivity index is 1.62. The summed E-state index contributed by atoms with van der Waals surface area (Å²) in [5.41, 5.74) is 5.98. The summed E-state index contributed by atoms with van der Waals surface area (Å²) in [6.45, 7) is 12.0. The Morgan fingerprint density at radius 1 is 0.880 bits per heavy atom. The van der Waals surface area contributed by atoms with Gasteiger partial charge in [-0.05, 0) is 82.8 Å². The van der Waals surface area contributed by atoms with Crippen molar-refractivity contribution in [3.05, 3.63) is 35.0 Å². The number of nitrogens with zero attached hydrogens (tertiary/aromatic N) is 2. The number of piperidine rings is 1. The molecule has 2 aromatic rings. The van der Waals surface area contributed by atoms with Crippen LogP contribution in [0.25, 0.3) is 10.9 Å². The van der Waals surface area contributed by atoms with Gasteiger partial charge in [0, 0.05) is 23.1 Å². The van der Waals surface area contributed by atoms with Gasteiger partial charge in [-0.2, -0.15) is 0 Å². The van der Waals surface area contributed by atoms with Crippen molar-refractivity contribution in [2.45, 2.75) is 78.7 Å². The fourth-order valence-electron chi connectivity index (χ4n) is 4.61. The fourth-order valence-corrected chi connectivity index (χ4v) is 4.61. The van der Waals surface area contributed by atoms with Gasteiger partial charge in [-0.1, -0.05) is 38.3 Å². The van der Waals surface area contributed by atoms with Crippen LogP contribution < -0.4 is 0 Å². The fraction of sp³-hybridized carbons (Fsp3) is 0.652. The highest BCUT2D eigenvalue weighted by atomic mass is 15.1. The molecule has 1 saturated heterocycles. The average molecular weight is 341 g/mol. The monoisotopic (exact) mass is 340 g/mol. The van der Waals surface area contributed by atoms with E-state index < -0.39 is 0 Å². The molecule has 2 nitrogen and oxygen atoms in total. The van der Waals surface area contributed by atoms with E-state index in [9.17, 15) is 0 Å². The first-order valence-corrected chi connectivity index (χ1v) is 10.6. The van der Waals surface area contributed by atoms with Crippen LogP contribution in [-0.4, -0.2) is 29.1 Å². The van der Waals surface area contributed by atoms with Crippen molar-refractivity contribution in [2.24, 2.45) is 0 Å². The first kappa shape index (κ1) is 18.5. The summed E-state index contributed by atoms with van der Waals surface area (Å²) in [4.78, 5) is 2.67. The quantitative estimate of drug-likeness (QED) is 0.557. The second kappa shape index (κ2) is 8.89. The van der Waals surface area contributed by atoms with E-state index in [1.54, 1.807) is 11.3 Å². The van der Waals surface area contributed by atoms with E-state index in [1.807, 2.05) is 0 Å². The third-order valence-corrected chi connectivity index (χ3v) is 5.94. The molecule has 0 radical (unpaired) electrons. The Morgan fingerprint density at radius 3 is 2.36 bits per heavy atom. The second-order valence-electron chi connectivity index (χ2n) is 7.77. The molecule has 0 atom stereocenters. The van der Waals surface area contributed by atoms with Crippen molar-refractivity contribution >= 4 is 10.9 Å². The summed E-state index contributed by atoms with van der Waals surface area (Å²) in [7, 11) is 0. The number of likely N-dealkylation sites (tertiary alicyclic amines) is 1. The maximum Gasteiger partial charge on any atom is 0.0485 e. The summed E-state index contributed by atoms with van der Waals surface area (Å²) in [6, 6.07) is 7.00. The highest BCUT2D eigenvalue weighted by Gasteiger charge is 2.14. The zero-order valence-electron chi connectivity index (χ0n) is 16.6. The van der Waals surface area contributed by atoms with Gasteiger partial charge >= 0.3 is 0 Å². The average Bonchev–Trinajstić information content (AvgIpc) is 2.94. The lowest BCUT2D eigenvalue weighted by molar-refractivity contribution is 0.224. The molecule has 0 aliphatic carbocycles. The van der Waals surface area contributed by atoms with E-state index in [-0.39, 0.29) is 0 Å². The topological polar surface area (TPSA) is 8.17 Å². The van der Waals surface area contributed by atoms with Gasteiger partial charge in [0.1, 0.15) is 0 Å². The molecule has 1 aliphatic rings. The SMILES string of the molecule is CCc1c(CC)n(CCCCCN2CCCCC2)c2ccc(C)cc12. The van der Waals surface area contributed by atoms with Crippen LogP contribution in [0.15, 0.2) is 18.2 Å². The predicted octanol–water partition coefficient (Wildman–Crippen LogP) is 5.73. The van der Waals surface area contributed by atoms with Crippen molar-refractivity contribution < 1.29 is 0 Å². The molecule has 1 aromatic heterocycles. The Hall–Kier alpha value is -1.28. The van der Waals surface area contributed by atoms with Gasteiger partial charge in [0.15, 0.2) is 0 Å². The molecule has 1 aliphatic heterocycles. The number of aromatic nitrogens is 1. The van der Waals surface area contributed by atoms with Crippen molar-refractivity contribution in [1.82, 2.24) is 9.47 Å². The molecular formula is C23H36N2. The highest BCUT2D eigenvalue weighted by molar-refractivity contribution is 5.86. The van der Waals surface area contributed by atoms with Gasteiger partial charge in [0.2, 0.25) is 0 Å². The number of rotatable bonds is 8. The first-order valence-electron chi connectivity index (χ1n) is 10.6. The number of fused-ring (bicyclic) bond motifs is 1. The normalized spacial score (nSPS) is 16.0. The maximum atomic E-state index is 2.67. The Labute approximate surface area is 154 Å². The van der Waals surface area contributed by atoms with E-state index in [2.05, 4.69) is 48.4 Å². The molecule has 0 saturated carbocycles. The van der Waals surface area contributed by atoms with Crippen molar-refractivity contribution in [3.8, 4) is 0 Å². The Bertz CT molecular complexity index is 677. The predicted molar refractivity (Wildman–Crippen MR) is 110 cm³/mol. The minimum atomic E-state index is 1.14. The zero-order valence-corrected chi connectivity index (χ0v) is 16.6. The summed E-state index contributed by atoms with van der Waals surface area (Å²) in [5, 5.41) is 1.49. The van der Waals surface area contributed by atoms with Crippen LogP contribution >= 0.6 is 0 Å². The zero-order chi connectivity index (χ0) is 17.6. The summed E-state index contributed by atoms with van der Waals surface area (Å²) in [5.74, 6) is 0. The van der Waals surface area contributed by atoms with Crippen LogP contribution in [0.1, 0.15) is 69.2 Å². The van der Waals surface area contributed by atoms with E-state index in [0.29, 0.717) is 0 Å². The van der Waals surface area contributed by atoms with Gasteiger partial charge < -0.3 is 9.47 Å². The van der Waals surface area contributed by atoms with Crippen molar-refractivity contribution in [1.29, 1.82) is 0 Å². The van der Waals surface area contributed by atoms with E-state index in [1.165, 1.54) is 81.2 Å². The van der Waals surface area contributed by atoms with Gasteiger partial charge in [0.05, 0.1) is 0 Å². The van der Waals surface area contributed by atoms with Crippen LogP contribution in [0.4, 0.5) is 0 Å². The lowest BCUT2D eigenvalue weighted by atomic mass is 10.1. The molecule has 2 heteroatoms. The minimum absolute atomic E-state index is 1.14. The van der Waals surface area contributed by atoms with Crippen LogP contribution in [0.2, 0.25) is 0 Å². The number of hydrogen-bond acceptors (Lipinski definition) is 1. The number of unbranched alkanes of at least 4 members (excludes halogenated alkanes) is 2. The summed E-state index contributed by atoms with van der Waals surface area (Å²) < 4.78 is 2.62. The molecule has 0 spiro atoms. The number of aryl methyl sites for hydroxylation is 3. The molecule has 3 rings (SSSR count). The largest absolute Gasteiger partial charge is 0.344 e. The second-order valence-corrected chi connectivity index (χ2v) is 7.77. The van der Waals surface area contributed by atoms with Crippen LogP contribution in [-0.2, 0) is 19.4 Å². The van der Waals surface area contributed by atoms with E-state index >= 15 is 0 Å². The Morgan fingerprint density at radius 2 is 1.64 bits per heavy atom. The van der Waals surface area contributed by atoms with E-state index in [0.717, 1.165) is 12.8 Å². The summed E-state index contributed by atoms with van der Waals surface area (Å²) >= 11 is 0. The number of hydrogen-bond donors (Lipinski definition) is 0. The van der Waals surface area contributed by atoms with Gasteiger partial charge in [0.25, 0.3) is 0 Å². The molecule has 0 amide bonds. The molecule has 1 fully saturated rings. The lowest BCUT2D eigenvalue weighted by Gasteiger charge is -2.26. The molecule has 1 aromatic carbocycles. The molecule has 0 unspecified atom stereocenters. The number of benzene rings is 1. The van der Waals surface area contributed by atoms with Crippen LogP contribution in [0.5, 0.6) is 0 Å². The highest BCUT2D eigenvalue weighted by Crippen LogP contribution is 2.29. The molecular weight excluding hydrogens is 304 g/mol. The standard InChI is InChI=1S/C23H36N2/c1-4-20-21-18-19(3)12-13-23(21)25(22(20)5-2)17-11-7-10-16-24-14-8-6-9-15-24/h12-13,18H,4-11,14-17H2,1-3H3. The van der Waals surface area contributed by atoms with Crippen molar-refractivity contribution in [2.75, 3.05) is 19.6 Å². The smallest absolute Gasteiger partial charge is 0.0485 e. The first-order chi connectivity index (χ1) is 12.2. The molecule has 25 heavy (non-hydrogen) atoms. The van der Waals surface area contributed by atoms with Gasteiger partial charge in [-0.25, -0.2) is 0 Å². The molecule has 138 valence electrons. The molecule has 0 bridgehead atoms. The molecule has 2 heterocycles. The minimum Gasteiger partial charge on any atom is -0.344 e. The summed E-state index contributed by atoms with van der Waals surface area (Å²) in [6.07, 6.45) is 10.6. The Kier molecular flexibility index (Phi) is 6.58. The third-order valence-electron chi connectivity index (χ3n) is 5.94. The van der Waals surface area contributed by atoms with Crippen molar-refractivity contribution in [3.63, 3.8) is 0 Å². The van der Waals surface area contributed by atoms with Crippen LogP contribution in [0, 0.1) is 6.92 Å². The molecule has 0 N–H and O–H groups in total. The lowest BCUT2D eigenvalue weighted by Crippen LogP contribution is -2.30. The van der Waals surface area contributed by atoms with Crippen LogP contribution in [0.3, 0.4) is 0 Å². The maximum absolute atomic E-state index is 2.67.